The highest BCUT2D eigenvalue weighted by molar-refractivity contribution is 5.92. The van der Waals surface area contributed by atoms with Crippen molar-refractivity contribution in [1.82, 2.24) is 14.9 Å². The highest BCUT2D eigenvalue weighted by atomic mass is 16.2. The van der Waals surface area contributed by atoms with E-state index in [1.54, 1.807) is 12.4 Å². The average Bonchev–Trinajstić information content (AvgIpc) is 3.34. The van der Waals surface area contributed by atoms with E-state index in [1.807, 2.05) is 35.2 Å². The molecule has 3 heterocycles. The number of hydrogen-bond acceptors (Lipinski definition) is 4. The fraction of sp³-hybridized carbons (Fsp3) is 0.421. The van der Waals surface area contributed by atoms with Crippen molar-refractivity contribution in [3.63, 3.8) is 0 Å². The molecule has 2 aromatic heterocycles. The van der Waals surface area contributed by atoms with Crippen LogP contribution in [0.25, 0.3) is 0 Å². The Morgan fingerprint density at radius 3 is 2.64 bits per heavy atom. The largest absolute Gasteiger partial charge is 0.355 e. The first-order valence-electron chi connectivity index (χ1n) is 8.99. The van der Waals surface area contributed by atoms with E-state index in [9.17, 15) is 4.79 Å². The highest BCUT2D eigenvalue weighted by Crippen LogP contribution is 2.30. The minimum absolute atomic E-state index is 0.0680. The van der Waals surface area contributed by atoms with Crippen LogP contribution in [0.2, 0.25) is 0 Å². The van der Waals surface area contributed by atoms with Gasteiger partial charge in [0, 0.05) is 31.5 Å². The van der Waals surface area contributed by atoms with Crippen molar-refractivity contribution in [2.24, 2.45) is 0 Å². The van der Waals surface area contributed by atoms with Crippen LogP contribution < -0.4 is 10.2 Å². The lowest BCUT2D eigenvalue weighted by Crippen LogP contribution is -2.37. The first kappa shape index (κ1) is 15.9. The van der Waals surface area contributed by atoms with Gasteiger partial charge in [0.2, 0.25) is 0 Å². The molecule has 6 heteroatoms. The Morgan fingerprint density at radius 2 is 1.92 bits per heavy atom. The maximum absolute atomic E-state index is 12.9. The number of amides is 2. The summed E-state index contributed by atoms with van der Waals surface area (Å²) in [4.78, 5) is 25.9. The summed E-state index contributed by atoms with van der Waals surface area (Å²) in [5.41, 5.74) is 1.71. The zero-order chi connectivity index (χ0) is 17.1. The number of nitrogens with zero attached hydrogens (tertiary/aromatic N) is 4. The van der Waals surface area contributed by atoms with Crippen molar-refractivity contribution in [1.29, 1.82) is 0 Å². The van der Waals surface area contributed by atoms with Gasteiger partial charge in [0.05, 0.1) is 17.9 Å². The second-order valence-corrected chi connectivity index (χ2v) is 6.68. The molecular weight excluding hydrogens is 314 g/mol. The summed E-state index contributed by atoms with van der Waals surface area (Å²) < 4.78 is 0. The standard InChI is InChI=1S/C19H23N5O/c25-19(24(16-8-9-16)14-15-6-1-2-10-20-15)22-17-7-5-11-21-18(17)23-12-3-4-13-23/h1-2,5-7,10-11,16H,3-4,8-9,12-14H2,(H,22,25). The third-order valence-electron chi connectivity index (χ3n) is 4.74. The first-order chi connectivity index (χ1) is 12.3. The van der Waals surface area contributed by atoms with Gasteiger partial charge in [-0.25, -0.2) is 9.78 Å². The van der Waals surface area contributed by atoms with Crippen LogP contribution in [0.4, 0.5) is 16.3 Å². The van der Waals surface area contributed by atoms with E-state index < -0.39 is 0 Å². The summed E-state index contributed by atoms with van der Waals surface area (Å²) in [6, 6.07) is 9.86. The van der Waals surface area contributed by atoms with Crippen molar-refractivity contribution in [3.8, 4) is 0 Å². The lowest BCUT2D eigenvalue weighted by molar-refractivity contribution is 0.205. The second-order valence-electron chi connectivity index (χ2n) is 6.68. The Labute approximate surface area is 147 Å². The molecule has 1 saturated carbocycles. The normalized spacial score (nSPS) is 16.7. The molecule has 1 N–H and O–H groups in total. The fourth-order valence-electron chi connectivity index (χ4n) is 3.28. The van der Waals surface area contributed by atoms with Crippen LogP contribution in [-0.4, -0.2) is 40.0 Å². The van der Waals surface area contributed by atoms with Crippen molar-refractivity contribution < 1.29 is 4.79 Å². The van der Waals surface area contributed by atoms with Gasteiger partial charge < -0.3 is 15.1 Å². The van der Waals surface area contributed by atoms with Crippen molar-refractivity contribution in [3.05, 3.63) is 48.4 Å². The summed E-state index contributed by atoms with van der Waals surface area (Å²) in [6.45, 7) is 2.54. The lowest BCUT2D eigenvalue weighted by atomic mass is 10.3. The van der Waals surface area contributed by atoms with E-state index in [2.05, 4.69) is 20.2 Å². The Morgan fingerprint density at radius 1 is 1.12 bits per heavy atom. The number of urea groups is 1. The number of hydrogen-bond donors (Lipinski definition) is 1. The van der Waals surface area contributed by atoms with Gasteiger partial charge in [0.1, 0.15) is 0 Å². The van der Waals surface area contributed by atoms with E-state index in [1.165, 1.54) is 12.8 Å². The van der Waals surface area contributed by atoms with Crippen LogP contribution in [-0.2, 0) is 6.54 Å². The third kappa shape index (κ3) is 3.73. The lowest BCUT2D eigenvalue weighted by Gasteiger charge is -2.25. The van der Waals surface area contributed by atoms with E-state index in [0.717, 1.165) is 43.1 Å². The zero-order valence-corrected chi connectivity index (χ0v) is 14.3. The monoisotopic (exact) mass is 337 g/mol. The fourth-order valence-corrected chi connectivity index (χ4v) is 3.28. The Hall–Kier alpha value is -2.63. The molecule has 1 aliphatic carbocycles. The van der Waals surface area contributed by atoms with Gasteiger partial charge in [-0.3, -0.25) is 4.98 Å². The predicted molar refractivity (Wildman–Crippen MR) is 97.5 cm³/mol. The molecule has 130 valence electrons. The van der Waals surface area contributed by atoms with Gasteiger partial charge in [-0.2, -0.15) is 0 Å². The molecule has 2 aromatic rings. The molecule has 0 spiro atoms. The SMILES string of the molecule is O=C(Nc1cccnc1N1CCCC1)N(Cc1ccccn1)C1CC1. The van der Waals surface area contributed by atoms with Gasteiger partial charge >= 0.3 is 6.03 Å². The summed E-state index contributed by atoms with van der Waals surface area (Å²) in [6.07, 6.45) is 8.04. The van der Waals surface area contributed by atoms with Crippen molar-refractivity contribution in [2.75, 3.05) is 23.3 Å². The molecule has 6 nitrogen and oxygen atoms in total. The quantitative estimate of drug-likeness (QED) is 0.909. The molecule has 2 fully saturated rings. The molecular formula is C19H23N5O. The molecule has 2 amide bonds. The van der Waals surface area contributed by atoms with Crippen LogP contribution in [0.3, 0.4) is 0 Å². The molecule has 0 aromatic carbocycles. The minimum atomic E-state index is -0.0680. The number of carbonyl (C=O) groups excluding carboxylic acids is 1. The summed E-state index contributed by atoms with van der Waals surface area (Å²) in [7, 11) is 0. The number of aromatic nitrogens is 2. The van der Waals surface area contributed by atoms with Crippen molar-refractivity contribution >= 4 is 17.5 Å². The zero-order valence-electron chi connectivity index (χ0n) is 14.3. The molecule has 0 unspecified atom stereocenters. The van der Waals surface area contributed by atoms with E-state index >= 15 is 0 Å². The first-order valence-corrected chi connectivity index (χ1v) is 8.99. The molecule has 25 heavy (non-hydrogen) atoms. The Bertz CT molecular complexity index is 726. The smallest absolute Gasteiger partial charge is 0.322 e. The molecule has 4 rings (SSSR count). The van der Waals surface area contributed by atoms with E-state index in [0.29, 0.717) is 12.6 Å². The van der Waals surface area contributed by atoms with E-state index in [4.69, 9.17) is 0 Å². The average molecular weight is 337 g/mol. The number of pyridine rings is 2. The van der Waals surface area contributed by atoms with Crippen LogP contribution in [0.15, 0.2) is 42.7 Å². The molecule has 0 bridgehead atoms. The van der Waals surface area contributed by atoms with Crippen molar-refractivity contribution in [2.45, 2.75) is 38.3 Å². The predicted octanol–water partition coefficient (Wildman–Crippen LogP) is 3.27. The van der Waals surface area contributed by atoms with Crippen LogP contribution in [0.5, 0.6) is 0 Å². The molecule has 1 aliphatic heterocycles. The molecule has 0 radical (unpaired) electrons. The van der Waals surface area contributed by atoms with Gasteiger partial charge in [-0.1, -0.05) is 6.07 Å². The Balaban J connectivity index is 1.50. The number of nitrogens with one attached hydrogen (secondary N) is 1. The maximum Gasteiger partial charge on any atom is 0.322 e. The van der Waals surface area contributed by atoms with Gasteiger partial charge in [0.15, 0.2) is 5.82 Å². The van der Waals surface area contributed by atoms with Crippen LogP contribution >= 0.6 is 0 Å². The van der Waals surface area contributed by atoms with Crippen LogP contribution in [0.1, 0.15) is 31.4 Å². The highest BCUT2D eigenvalue weighted by Gasteiger charge is 2.33. The van der Waals surface area contributed by atoms with E-state index in [-0.39, 0.29) is 6.03 Å². The number of rotatable bonds is 5. The summed E-state index contributed by atoms with van der Waals surface area (Å²) >= 11 is 0. The topological polar surface area (TPSA) is 61.4 Å². The minimum Gasteiger partial charge on any atom is -0.355 e. The summed E-state index contributed by atoms with van der Waals surface area (Å²) in [5.74, 6) is 0.877. The van der Waals surface area contributed by atoms with Gasteiger partial charge in [0.25, 0.3) is 0 Å². The molecule has 2 aliphatic rings. The summed E-state index contributed by atoms with van der Waals surface area (Å²) in [5, 5.41) is 3.08. The van der Waals surface area contributed by atoms with Gasteiger partial charge in [-0.05, 0) is 49.9 Å². The number of anilines is 2. The molecule has 1 saturated heterocycles. The van der Waals surface area contributed by atoms with Gasteiger partial charge in [-0.15, -0.1) is 0 Å². The third-order valence-corrected chi connectivity index (χ3v) is 4.74. The second kappa shape index (κ2) is 7.09. The number of carbonyl (C=O) groups is 1. The maximum atomic E-state index is 12.9. The van der Waals surface area contributed by atoms with Crippen LogP contribution in [0, 0.1) is 0 Å². The Kier molecular flexibility index (Phi) is 4.50. The molecule has 0 atom stereocenters.